The van der Waals surface area contributed by atoms with Crippen molar-refractivity contribution in [2.45, 2.75) is 65.1 Å². The fourth-order valence-corrected chi connectivity index (χ4v) is 3.62. The van der Waals surface area contributed by atoms with Crippen LogP contribution in [0.3, 0.4) is 0 Å². The summed E-state index contributed by atoms with van der Waals surface area (Å²) in [6, 6.07) is 11.1. The van der Waals surface area contributed by atoms with Crippen molar-refractivity contribution in [1.82, 2.24) is 0 Å². The standard InChI is InChI=1S/C20H27BO2S/c1-18(2,3)16-10-8-14(9-11-16)15-12-17(24-13-15)21-22-19(4,5)20(6,7)23-21/h8-13H,1-7H3. The summed E-state index contributed by atoms with van der Waals surface area (Å²) >= 11 is 1.70. The zero-order valence-electron chi connectivity index (χ0n) is 15.8. The zero-order valence-corrected chi connectivity index (χ0v) is 16.6. The van der Waals surface area contributed by atoms with Crippen molar-refractivity contribution in [2.24, 2.45) is 0 Å². The van der Waals surface area contributed by atoms with E-state index in [2.05, 4.69) is 84.2 Å². The Morgan fingerprint density at radius 1 is 0.875 bits per heavy atom. The third-order valence-electron chi connectivity index (χ3n) is 5.19. The van der Waals surface area contributed by atoms with Gasteiger partial charge in [-0.1, -0.05) is 45.0 Å². The Labute approximate surface area is 150 Å². The van der Waals surface area contributed by atoms with E-state index >= 15 is 0 Å². The van der Waals surface area contributed by atoms with Gasteiger partial charge in [0.15, 0.2) is 0 Å². The Bertz CT molecular complexity index is 707. The highest BCUT2D eigenvalue weighted by Crippen LogP contribution is 2.37. The van der Waals surface area contributed by atoms with Crippen LogP contribution in [-0.4, -0.2) is 18.3 Å². The lowest BCUT2D eigenvalue weighted by atomic mass is 9.85. The third kappa shape index (κ3) is 3.20. The summed E-state index contributed by atoms with van der Waals surface area (Å²) in [4.78, 5) is 0. The molecular weight excluding hydrogens is 315 g/mol. The lowest BCUT2D eigenvalue weighted by molar-refractivity contribution is 0.00578. The second-order valence-electron chi connectivity index (χ2n) is 8.65. The van der Waals surface area contributed by atoms with Crippen LogP contribution in [0.25, 0.3) is 11.1 Å². The van der Waals surface area contributed by atoms with Gasteiger partial charge < -0.3 is 9.31 Å². The Kier molecular flexibility index (Phi) is 4.22. The number of rotatable bonds is 2. The predicted molar refractivity (Wildman–Crippen MR) is 104 cm³/mol. The largest absolute Gasteiger partial charge is 0.505 e. The summed E-state index contributed by atoms with van der Waals surface area (Å²) in [6.45, 7) is 15.1. The van der Waals surface area contributed by atoms with Crippen molar-refractivity contribution >= 4 is 23.2 Å². The molecule has 0 unspecified atom stereocenters. The average molecular weight is 342 g/mol. The van der Waals surface area contributed by atoms with E-state index in [-0.39, 0.29) is 23.7 Å². The van der Waals surface area contributed by atoms with Crippen LogP contribution in [0.2, 0.25) is 0 Å². The molecule has 2 aromatic rings. The first-order valence-electron chi connectivity index (χ1n) is 8.55. The van der Waals surface area contributed by atoms with E-state index in [1.807, 2.05) is 0 Å². The summed E-state index contributed by atoms with van der Waals surface area (Å²) in [5.74, 6) is 0. The second kappa shape index (κ2) is 5.72. The van der Waals surface area contributed by atoms with E-state index in [0.717, 1.165) is 4.78 Å². The molecule has 24 heavy (non-hydrogen) atoms. The lowest BCUT2D eigenvalue weighted by Crippen LogP contribution is -2.41. The number of benzene rings is 1. The van der Waals surface area contributed by atoms with Crippen LogP contribution < -0.4 is 4.78 Å². The first kappa shape index (κ1) is 17.7. The molecule has 1 aromatic heterocycles. The van der Waals surface area contributed by atoms with Crippen molar-refractivity contribution in [3.8, 4) is 11.1 Å². The molecule has 1 aliphatic heterocycles. The van der Waals surface area contributed by atoms with Gasteiger partial charge in [-0.05, 0) is 61.2 Å². The fraction of sp³-hybridized carbons (Fsp3) is 0.500. The van der Waals surface area contributed by atoms with Gasteiger partial charge >= 0.3 is 7.12 Å². The van der Waals surface area contributed by atoms with Crippen LogP contribution in [-0.2, 0) is 14.7 Å². The Balaban J connectivity index is 1.82. The summed E-state index contributed by atoms with van der Waals surface area (Å²) in [5.41, 5.74) is 3.41. The highest BCUT2D eigenvalue weighted by atomic mass is 32.1. The highest BCUT2D eigenvalue weighted by molar-refractivity contribution is 7.21. The van der Waals surface area contributed by atoms with E-state index in [1.165, 1.54) is 16.7 Å². The molecule has 2 heterocycles. The molecule has 0 aliphatic carbocycles. The molecule has 4 heteroatoms. The van der Waals surface area contributed by atoms with E-state index in [9.17, 15) is 0 Å². The van der Waals surface area contributed by atoms with Crippen molar-refractivity contribution in [1.29, 1.82) is 0 Å². The maximum Gasteiger partial charge on any atom is 0.505 e. The lowest BCUT2D eigenvalue weighted by Gasteiger charge is -2.32. The molecule has 0 spiro atoms. The monoisotopic (exact) mass is 342 g/mol. The van der Waals surface area contributed by atoms with Gasteiger partial charge in [0.2, 0.25) is 0 Å². The Morgan fingerprint density at radius 2 is 1.42 bits per heavy atom. The molecule has 0 bridgehead atoms. The molecule has 1 fully saturated rings. The molecule has 1 saturated heterocycles. The topological polar surface area (TPSA) is 18.5 Å². The molecule has 128 valence electrons. The molecule has 3 rings (SSSR count). The van der Waals surface area contributed by atoms with E-state index < -0.39 is 0 Å². The average Bonchev–Trinajstić information content (AvgIpc) is 3.02. The van der Waals surface area contributed by atoms with Gasteiger partial charge in [0.25, 0.3) is 0 Å². The molecular formula is C20H27BO2S. The molecule has 0 amide bonds. The van der Waals surface area contributed by atoms with E-state index in [0.29, 0.717) is 0 Å². The van der Waals surface area contributed by atoms with Crippen molar-refractivity contribution in [3.63, 3.8) is 0 Å². The summed E-state index contributed by atoms with van der Waals surface area (Å²) < 4.78 is 13.4. The number of hydrogen-bond donors (Lipinski definition) is 0. The molecule has 2 nitrogen and oxygen atoms in total. The summed E-state index contributed by atoms with van der Waals surface area (Å²) in [7, 11) is -0.275. The van der Waals surface area contributed by atoms with Crippen molar-refractivity contribution < 1.29 is 9.31 Å². The smallest absolute Gasteiger partial charge is 0.399 e. The van der Waals surface area contributed by atoms with Crippen molar-refractivity contribution in [2.75, 3.05) is 0 Å². The molecule has 1 aliphatic rings. The second-order valence-corrected chi connectivity index (χ2v) is 9.60. The molecule has 0 atom stereocenters. The fourth-order valence-electron chi connectivity index (χ4n) is 2.75. The van der Waals surface area contributed by atoms with Gasteiger partial charge in [-0.3, -0.25) is 0 Å². The van der Waals surface area contributed by atoms with Gasteiger partial charge in [0, 0.05) is 4.78 Å². The SMILES string of the molecule is CC(C)(C)c1ccc(-c2csc(B3OC(C)(C)C(C)(C)O3)c2)cc1. The van der Waals surface area contributed by atoms with Gasteiger partial charge in [-0.25, -0.2) is 0 Å². The first-order chi connectivity index (χ1) is 11.0. The third-order valence-corrected chi connectivity index (χ3v) is 6.14. The van der Waals surface area contributed by atoms with Crippen LogP contribution in [0, 0.1) is 0 Å². The molecule has 0 saturated carbocycles. The highest BCUT2D eigenvalue weighted by Gasteiger charge is 2.52. The molecule has 1 aromatic carbocycles. The molecule has 0 radical (unpaired) electrons. The maximum absolute atomic E-state index is 6.15. The van der Waals surface area contributed by atoms with Crippen LogP contribution in [0.15, 0.2) is 35.7 Å². The number of thiophene rings is 1. The zero-order chi connectivity index (χ0) is 17.8. The van der Waals surface area contributed by atoms with Crippen LogP contribution in [0.4, 0.5) is 0 Å². The minimum atomic E-state index is -0.295. The van der Waals surface area contributed by atoms with E-state index in [4.69, 9.17) is 9.31 Å². The summed E-state index contributed by atoms with van der Waals surface area (Å²) in [5, 5.41) is 2.19. The first-order valence-corrected chi connectivity index (χ1v) is 9.43. The van der Waals surface area contributed by atoms with Crippen molar-refractivity contribution in [3.05, 3.63) is 41.3 Å². The van der Waals surface area contributed by atoms with Crippen LogP contribution in [0.1, 0.15) is 54.0 Å². The van der Waals surface area contributed by atoms with E-state index in [1.54, 1.807) is 11.3 Å². The number of hydrogen-bond acceptors (Lipinski definition) is 3. The maximum atomic E-state index is 6.15. The summed E-state index contributed by atoms with van der Waals surface area (Å²) in [6.07, 6.45) is 0. The quantitative estimate of drug-likeness (QED) is 0.714. The predicted octanol–water partition coefficient (Wildman–Crippen LogP) is 5.01. The van der Waals surface area contributed by atoms with Gasteiger partial charge in [-0.15, -0.1) is 0 Å². The normalized spacial score (nSPS) is 19.7. The van der Waals surface area contributed by atoms with Gasteiger partial charge in [-0.2, -0.15) is 11.3 Å². The van der Waals surface area contributed by atoms with Gasteiger partial charge in [0.05, 0.1) is 11.2 Å². The van der Waals surface area contributed by atoms with Gasteiger partial charge in [0.1, 0.15) is 0 Å². The minimum Gasteiger partial charge on any atom is -0.399 e. The van der Waals surface area contributed by atoms with Crippen LogP contribution >= 0.6 is 11.3 Å². The van der Waals surface area contributed by atoms with Crippen LogP contribution in [0.5, 0.6) is 0 Å². The Hall–Kier alpha value is -1.10. The minimum absolute atomic E-state index is 0.182. The molecule has 0 N–H and O–H groups in total. The Morgan fingerprint density at radius 3 is 1.92 bits per heavy atom.